The second-order valence-corrected chi connectivity index (χ2v) is 5.31. The summed E-state index contributed by atoms with van der Waals surface area (Å²) >= 11 is 5.85. The zero-order valence-corrected chi connectivity index (χ0v) is 12.7. The molecule has 4 heteroatoms. The highest BCUT2D eigenvalue weighted by molar-refractivity contribution is 6.30. The van der Waals surface area contributed by atoms with Gasteiger partial charge in [0.2, 0.25) is 0 Å². The maximum atomic E-state index is 11.0. The van der Waals surface area contributed by atoms with Crippen molar-refractivity contribution < 1.29 is 9.53 Å². The van der Waals surface area contributed by atoms with Crippen LogP contribution in [-0.2, 0) is 6.54 Å². The molecule has 0 aromatic heterocycles. The first kappa shape index (κ1) is 15.5. The first-order valence-electron chi connectivity index (χ1n) is 6.79. The molecule has 21 heavy (non-hydrogen) atoms. The van der Waals surface area contributed by atoms with E-state index in [0.29, 0.717) is 22.9 Å². The Morgan fingerprint density at radius 1 is 1.19 bits per heavy atom. The van der Waals surface area contributed by atoms with Gasteiger partial charge in [-0.05, 0) is 30.8 Å². The van der Waals surface area contributed by atoms with Gasteiger partial charge in [0.05, 0.1) is 5.56 Å². The van der Waals surface area contributed by atoms with E-state index in [1.807, 2.05) is 25.2 Å². The predicted molar refractivity (Wildman–Crippen MR) is 85.1 cm³/mol. The van der Waals surface area contributed by atoms with Crippen molar-refractivity contribution in [1.29, 1.82) is 0 Å². The van der Waals surface area contributed by atoms with Crippen LogP contribution < -0.4 is 4.74 Å². The van der Waals surface area contributed by atoms with Gasteiger partial charge in [-0.1, -0.05) is 41.9 Å². The molecule has 2 rings (SSSR count). The summed E-state index contributed by atoms with van der Waals surface area (Å²) in [5.74, 6) is 0.572. The summed E-state index contributed by atoms with van der Waals surface area (Å²) in [4.78, 5) is 13.1. The van der Waals surface area contributed by atoms with Gasteiger partial charge < -0.3 is 4.74 Å². The van der Waals surface area contributed by atoms with E-state index in [4.69, 9.17) is 16.3 Å². The standard InChI is InChI=1S/C17H18ClNO2/c1-19(12-14-5-3-2-4-6-14)9-10-21-17-8-7-16(18)11-15(17)13-20/h2-8,11,13H,9-10,12H2,1H3. The summed E-state index contributed by atoms with van der Waals surface area (Å²) in [6.07, 6.45) is 0.759. The van der Waals surface area contributed by atoms with Crippen molar-refractivity contribution in [2.45, 2.75) is 6.54 Å². The molecule has 0 heterocycles. The van der Waals surface area contributed by atoms with Crippen LogP contribution in [0.25, 0.3) is 0 Å². The minimum Gasteiger partial charge on any atom is -0.492 e. The van der Waals surface area contributed by atoms with Crippen molar-refractivity contribution in [2.24, 2.45) is 0 Å². The fourth-order valence-electron chi connectivity index (χ4n) is 2.03. The van der Waals surface area contributed by atoms with Crippen molar-refractivity contribution in [3.63, 3.8) is 0 Å². The third-order valence-electron chi connectivity index (χ3n) is 3.12. The predicted octanol–water partition coefficient (Wildman–Crippen LogP) is 3.66. The second kappa shape index (κ2) is 7.81. The summed E-state index contributed by atoms with van der Waals surface area (Å²) in [6, 6.07) is 15.3. The Hall–Kier alpha value is -1.84. The normalized spacial score (nSPS) is 10.6. The lowest BCUT2D eigenvalue weighted by Gasteiger charge is -2.17. The van der Waals surface area contributed by atoms with Crippen LogP contribution >= 0.6 is 11.6 Å². The number of hydrogen-bond acceptors (Lipinski definition) is 3. The molecule has 2 aromatic rings. The molecule has 0 amide bonds. The largest absolute Gasteiger partial charge is 0.492 e. The molecule has 2 aromatic carbocycles. The summed E-state index contributed by atoms with van der Waals surface area (Å²) in [7, 11) is 2.04. The fraction of sp³-hybridized carbons (Fsp3) is 0.235. The van der Waals surface area contributed by atoms with E-state index >= 15 is 0 Å². The topological polar surface area (TPSA) is 29.5 Å². The molecule has 0 saturated heterocycles. The van der Waals surface area contributed by atoms with Crippen molar-refractivity contribution in [3.05, 3.63) is 64.7 Å². The molecule has 0 unspecified atom stereocenters. The molecule has 0 spiro atoms. The van der Waals surface area contributed by atoms with E-state index in [0.717, 1.165) is 19.4 Å². The Kier molecular flexibility index (Phi) is 5.78. The maximum Gasteiger partial charge on any atom is 0.153 e. The summed E-state index contributed by atoms with van der Waals surface area (Å²) in [5.41, 5.74) is 1.74. The van der Waals surface area contributed by atoms with E-state index in [2.05, 4.69) is 17.0 Å². The molecule has 110 valence electrons. The van der Waals surface area contributed by atoms with Gasteiger partial charge in [-0.3, -0.25) is 9.69 Å². The first-order chi connectivity index (χ1) is 10.2. The highest BCUT2D eigenvalue weighted by Gasteiger charge is 2.05. The third kappa shape index (κ3) is 4.88. The zero-order valence-electron chi connectivity index (χ0n) is 12.0. The molecule has 0 radical (unpaired) electrons. The molecule has 0 aliphatic heterocycles. The van der Waals surface area contributed by atoms with Gasteiger partial charge in [-0.2, -0.15) is 0 Å². The van der Waals surface area contributed by atoms with Gasteiger partial charge in [0.25, 0.3) is 0 Å². The van der Waals surface area contributed by atoms with Crippen LogP contribution in [0.3, 0.4) is 0 Å². The van der Waals surface area contributed by atoms with Crippen molar-refractivity contribution in [3.8, 4) is 5.75 Å². The minimum absolute atomic E-state index is 0.480. The molecule has 3 nitrogen and oxygen atoms in total. The number of rotatable bonds is 7. The Balaban J connectivity index is 1.83. The molecule has 0 aliphatic carbocycles. The third-order valence-corrected chi connectivity index (χ3v) is 3.36. The smallest absolute Gasteiger partial charge is 0.153 e. The van der Waals surface area contributed by atoms with Gasteiger partial charge >= 0.3 is 0 Å². The van der Waals surface area contributed by atoms with Crippen molar-refractivity contribution >= 4 is 17.9 Å². The highest BCUT2D eigenvalue weighted by atomic mass is 35.5. The van der Waals surface area contributed by atoms with Crippen LogP contribution in [0.5, 0.6) is 5.75 Å². The van der Waals surface area contributed by atoms with E-state index in [-0.39, 0.29) is 0 Å². The van der Waals surface area contributed by atoms with Gasteiger partial charge in [0.15, 0.2) is 6.29 Å². The molecule has 0 bridgehead atoms. The Labute approximate surface area is 130 Å². The molecular formula is C17H18ClNO2. The first-order valence-corrected chi connectivity index (χ1v) is 7.17. The summed E-state index contributed by atoms with van der Waals surface area (Å²) in [6.45, 7) is 2.16. The number of nitrogens with zero attached hydrogens (tertiary/aromatic N) is 1. The number of halogens is 1. The fourth-order valence-corrected chi connectivity index (χ4v) is 2.21. The van der Waals surface area contributed by atoms with E-state index in [1.165, 1.54) is 5.56 Å². The second-order valence-electron chi connectivity index (χ2n) is 4.87. The number of hydrogen-bond donors (Lipinski definition) is 0. The number of likely N-dealkylation sites (N-methyl/N-ethyl adjacent to an activating group) is 1. The average molecular weight is 304 g/mol. The molecular weight excluding hydrogens is 286 g/mol. The van der Waals surface area contributed by atoms with Crippen LogP contribution in [0.2, 0.25) is 5.02 Å². The summed E-state index contributed by atoms with van der Waals surface area (Å²) in [5, 5.41) is 0.533. The number of ether oxygens (including phenoxy) is 1. The van der Waals surface area contributed by atoms with Crippen LogP contribution in [0.1, 0.15) is 15.9 Å². The van der Waals surface area contributed by atoms with Crippen LogP contribution in [-0.4, -0.2) is 31.4 Å². The minimum atomic E-state index is 0.480. The van der Waals surface area contributed by atoms with Crippen molar-refractivity contribution in [1.82, 2.24) is 4.90 Å². The average Bonchev–Trinajstić information content (AvgIpc) is 2.49. The van der Waals surface area contributed by atoms with Crippen LogP contribution in [0.15, 0.2) is 48.5 Å². The maximum absolute atomic E-state index is 11.0. The number of carbonyl (C=O) groups is 1. The van der Waals surface area contributed by atoms with E-state index < -0.39 is 0 Å². The molecule has 0 saturated carbocycles. The van der Waals surface area contributed by atoms with Gasteiger partial charge in [-0.25, -0.2) is 0 Å². The van der Waals surface area contributed by atoms with Crippen molar-refractivity contribution in [2.75, 3.05) is 20.2 Å². The molecule has 0 fully saturated rings. The van der Waals surface area contributed by atoms with Crippen LogP contribution in [0.4, 0.5) is 0 Å². The Morgan fingerprint density at radius 3 is 2.67 bits per heavy atom. The summed E-state index contributed by atoms with van der Waals surface area (Å²) < 4.78 is 5.66. The van der Waals surface area contributed by atoms with Gasteiger partial charge in [-0.15, -0.1) is 0 Å². The van der Waals surface area contributed by atoms with Gasteiger partial charge in [0.1, 0.15) is 12.4 Å². The number of carbonyl (C=O) groups excluding carboxylic acids is 1. The zero-order chi connectivity index (χ0) is 15.1. The molecule has 0 atom stereocenters. The highest BCUT2D eigenvalue weighted by Crippen LogP contribution is 2.21. The lowest BCUT2D eigenvalue weighted by molar-refractivity contribution is 0.111. The van der Waals surface area contributed by atoms with E-state index in [1.54, 1.807) is 18.2 Å². The number of benzene rings is 2. The Bertz CT molecular complexity index is 587. The lowest BCUT2D eigenvalue weighted by atomic mass is 10.2. The van der Waals surface area contributed by atoms with E-state index in [9.17, 15) is 4.79 Å². The molecule has 0 N–H and O–H groups in total. The molecule has 0 aliphatic rings. The lowest BCUT2D eigenvalue weighted by Crippen LogP contribution is -2.24. The quantitative estimate of drug-likeness (QED) is 0.731. The number of aldehydes is 1. The Morgan fingerprint density at radius 2 is 1.95 bits per heavy atom. The SMILES string of the molecule is CN(CCOc1ccc(Cl)cc1C=O)Cc1ccccc1. The monoisotopic (exact) mass is 303 g/mol. The van der Waals surface area contributed by atoms with Crippen LogP contribution in [0, 0.1) is 0 Å². The van der Waals surface area contributed by atoms with Gasteiger partial charge in [0, 0.05) is 18.1 Å².